The minimum atomic E-state index is -0.724. The first-order chi connectivity index (χ1) is 16.9. The Bertz CT molecular complexity index is 1380. The van der Waals surface area contributed by atoms with E-state index < -0.39 is 6.10 Å². The van der Waals surface area contributed by atoms with Crippen molar-refractivity contribution >= 4 is 22.6 Å². The number of aliphatic hydroxyl groups is 1. The minimum absolute atomic E-state index is 0.0525. The van der Waals surface area contributed by atoms with Crippen molar-refractivity contribution in [2.24, 2.45) is 0 Å². The molecule has 0 unspecified atom stereocenters. The second-order valence-electron chi connectivity index (χ2n) is 9.52. The predicted octanol–water partition coefficient (Wildman–Crippen LogP) is 4.92. The molecule has 2 heterocycles. The molecule has 180 valence electrons. The topological polar surface area (TPSA) is 67.6 Å². The van der Waals surface area contributed by atoms with Crippen LogP contribution in [-0.2, 0) is 11.3 Å². The number of anilines is 1. The van der Waals surface area contributed by atoms with Gasteiger partial charge in [-0.25, -0.2) is 4.98 Å². The fourth-order valence-electron chi connectivity index (χ4n) is 4.78. The Morgan fingerprint density at radius 3 is 2.66 bits per heavy atom. The summed E-state index contributed by atoms with van der Waals surface area (Å²) >= 11 is 0. The number of aromatic nitrogens is 2. The van der Waals surface area contributed by atoms with Gasteiger partial charge in [-0.2, -0.15) is 0 Å². The Kier molecular flexibility index (Phi) is 6.31. The van der Waals surface area contributed by atoms with E-state index in [1.807, 2.05) is 85.5 Å². The molecule has 6 nitrogen and oxygen atoms in total. The molecule has 3 aromatic carbocycles. The van der Waals surface area contributed by atoms with E-state index >= 15 is 0 Å². The zero-order chi connectivity index (χ0) is 24.5. The standard InChI is InChI=1S/C29H31N3O3/c1-19-7-6-8-23(13-19)31-16-22(15-28(31)34)29-30-26-9-4-5-10-27(26)32(29)17-24(33)18-35-25-12-11-20(2)21(3)14-25/h4-14,22,24,33H,15-18H2,1-3H3/t22-,24+/m1/s1. The van der Waals surface area contributed by atoms with E-state index in [1.165, 1.54) is 5.56 Å². The molecule has 0 saturated carbocycles. The van der Waals surface area contributed by atoms with Gasteiger partial charge >= 0.3 is 0 Å². The molecule has 35 heavy (non-hydrogen) atoms. The van der Waals surface area contributed by atoms with Crippen molar-refractivity contribution in [2.45, 2.75) is 45.8 Å². The van der Waals surface area contributed by atoms with E-state index in [-0.39, 0.29) is 18.4 Å². The zero-order valence-electron chi connectivity index (χ0n) is 20.4. The number of fused-ring (bicyclic) bond motifs is 1. The van der Waals surface area contributed by atoms with Crippen LogP contribution in [0.5, 0.6) is 5.75 Å². The summed E-state index contributed by atoms with van der Waals surface area (Å²) in [7, 11) is 0. The number of hydrogen-bond donors (Lipinski definition) is 1. The lowest BCUT2D eigenvalue weighted by Crippen LogP contribution is -2.26. The number of imidazole rings is 1. The highest BCUT2D eigenvalue weighted by atomic mass is 16.5. The summed E-state index contributed by atoms with van der Waals surface area (Å²) in [5, 5.41) is 10.9. The van der Waals surface area contributed by atoms with E-state index in [9.17, 15) is 9.90 Å². The van der Waals surface area contributed by atoms with Gasteiger partial charge in [-0.05, 0) is 73.9 Å². The van der Waals surface area contributed by atoms with Crippen LogP contribution >= 0.6 is 0 Å². The lowest BCUT2D eigenvalue weighted by molar-refractivity contribution is -0.117. The van der Waals surface area contributed by atoms with Crippen LogP contribution in [0.25, 0.3) is 11.0 Å². The number of nitrogens with zero attached hydrogens (tertiary/aromatic N) is 3. The van der Waals surface area contributed by atoms with Crippen LogP contribution in [0.4, 0.5) is 5.69 Å². The number of amides is 1. The van der Waals surface area contributed by atoms with Crippen LogP contribution in [0.1, 0.15) is 34.9 Å². The van der Waals surface area contributed by atoms with Crippen LogP contribution in [0.3, 0.4) is 0 Å². The molecule has 0 bridgehead atoms. The van der Waals surface area contributed by atoms with E-state index in [0.717, 1.165) is 39.4 Å². The van der Waals surface area contributed by atoms with Crippen molar-refractivity contribution in [1.29, 1.82) is 0 Å². The average Bonchev–Trinajstić information content (AvgIpc) is 3.40. The molecule has 0 spiro atoms. The Morgan fingerprint density at radius 2 is 1.86 bits per heavy atom. The SMILES string of the molecule is Cc1cccc(N2C[C@H](c3nc4ccccc4n3C[C@H](O)COc3ccc(C)c(C)c3)CC2=O)c1. The summed E-state index contributed by atoms with van der Waals surface area (Å²) in [5.74, 6) is 1.62. The second-order valence-corrected chi connectivity index (χ2v) is 9.52. The highest BCUT2D eigenvalue weighted by Crippen LogP contribution is 2.33. The predicted molar refractivity (Wildman–Crippen MR) is 138 cm³/mol. The molecule has 5 rings (SSSR count). The fourth-order valence-corrected chi connectivity index (χ4v) is 4.78. The summed E-state index contributed by atoms with van der Waals surface area (Å²) in [5.41, 5.74) is 6.22. The molecule has 0 radical (unpaired) electrons. The van der Waals surface area contributed by atoms with Crippen molar-refractivity contribution in [2.75, 3.05) is 18.1 Å². The maximum atomic E-state index is 12.9. The first kappa shape index (κ1) is 23.1. The fraction of sp³-hybridized carbons (Fsp3) is 0.310. The molecular formula is C29H31N3O3. The Hall–Kier alpha value is -3.64. The van der Waals surface area contributed by atoms with Gasteiger partial charge in [-0.15, -0.1) is 0 Å². The number of para-hydroxylation sites is 2. The van der Waals surface area contributed by atoms with Crippen molar-refractivity contribution in [3.05, 3.63) is 89.2 Å². The first-order valence-corrected chi connectivity index (χ1v) is 12.1. The van der Waals surface area contributed by atoms with Crippen molar-refractivity contribution in [3.63, 3.8) is 0 Å². The largest absolute Gasteiger partial charge is 0.491 e. The summed E-state index contributed by atoms with van der Waals surface area (Å²) < 4.78 is 7.94. The molecule has 1 aliphatic heterocycles. The molecule has 0 aliphatic carbocycles. The van der Waals surface area contributed by atoms with Crippen LogP contribution in [0.2, 0.25) is 0 Å². The van der Waals surface area contributed by atoms with Gasteiger partial charge < -0.3 is 19.3 Å². The van der Waals surface area contributed by atoms with Crippen molar-refractivity contribution in [1.82, 2.24) is 9.55 Å². The van der Waals surface area contributed by atoms with Gasteiger partial charge in [0.25, 0.3) is 0 Å². The third-order valence-corrected chi connectivity index (χ3v) is 6.80. The molecule has 1 N–H and O–H groups in total. The molecule has 1 fully saturated rings. The number of aryl methyl sites for hydroxylation is 3. The van der Waals surface area contributed by atoms with Gasteiger partial charge in [0, 0.05) is 24.6 Å². The number of hydrogen-bond acceptors (Lipinski definition) is 4. The third-order valence-electron chi connectivity index (χ3n) is 6.80. The molecule has 2 atom stereocenters. The molecule has 4 aromatic rings. The smallest absolute Gasteiger partial charge is 0.227 e. The number of aliphatic hydroxyl groups excluding tert-OH is 1. The number of rotatable bonds is 7. The van der Waals surface area contributed by atoms with E-state index in [1.54, 1.807) is 0 Å². The van der Waals surface area contributed by atoms with Gasteiger partial charge in [0.05, 0.1) is 17.6 Å². The van der Waals surface area contributed by atoms with Gasteiger partial charge in [-0.3, -0.25) is 4.79 Å². The summed E-state index contributed by atoms with van der Waals surface area (Å²) in [6, 6.07) is 21.9. The van der Waals surface area contributed by atoms with E-state index in [4.69, 9.17) is 9.72 Å². The molecule has 1 amide bonds. The number of benzene rings is 3. The van der Waals surface area contributed by atoms with Gasteiger partial charge in [0.1, 0.15) is 24.3 Å². The highest BCUT2D eigenvalue weighted by molar-refractivity contribution is 5.96. The Labute approximate surface area is 205 Å². The van der Waals surface area contributed by atoms with Crippen LogP contribution in [-0.4, -0.2) is 39.8 Å². The number of carbonyl (C=O) groups excluding carboxylic acids is 1. The molecule has 1 saturated heterocycles. The lowest BCUT2D eigenvalue weighted by atomic mass is 10.1. The average molecular weight is 470 g/mol. The van der Waals surface area contributed by atoms with E-state index in [2.05, 4.69) is 11.5 Å². The Morgan fingerprint density at radius 1 is 1.03 bits per heavy atom. The quantitative estimate of drug-likeness (QED) is 0.417. The molecule has 6 heteroatoms. The van der Waals surface area contributed by atoms with Gasteiger partial charge in [0.2, 0.25) is 5.91 Å². The second kappa shape index (κ2) is 9.55. The third kappa shape index (κ3) is 4.80. The minimum Gasteiger partial charge on any atom is -0.491 e. The first-order valence-electron chi connectivity index (χ1n) is 12.1. The zero-order valence-corrected chi connectivity index (χ0v) is 20.4. The maximum absolute atomic E-state index is 12.9. The van der Waals surface area contributed by atoms with Crippen molar-refractivity contribution in [3.8, 4) is 5.75 Å². The summed E-state index contributed by atoms with van der Waals surface area (Å²) in [4.78, 5) is 19.7. The molecular weight excluding hydrogens is 438 g/mol. The van der Waals surface area contributed by atoms with Gasteiger partial charge in [-0.1, -0.05) is 30.3 Å². The maximum Gasteiger partial charge on any atom is 0.227 e. The van der Waals surface area contributed by atoms with E-state index in [0.29, 0.717) is 19.5 Å². The van der Waals surface area contributed by atoms with Gasteiger partial charge in [0.15, 0.2) is 0 Å². The number of carbonyl (C=O) groups is 1. The summed E-state index contributed by atoms with van der Waals surface area (Å²) in [6.45, 7) is 7.23. The Balaban J connectivity index is 1.37. The van der Waals surface area contributed by atoms with Crippen LogP contribution in [0, 0.1) is 20.8 Å². The monoisotopic (exact) mass is 469 g/mol. The van der Waals surface area contributed by atoms with Crippen LogP contribution in [0.15, 0.2) is 66.7 Å². The number of ether oxygens (including phenoxy) is 1. The van der Waals surface area contributed by atoms with Crippen molar-refractivity contribution < 1.29 is 14.6 Å². The summed E-state index contributed by atoms with van der Waals surface area (Å²) in [6.07, 6.45) is -0.329. The van der Waals surface area contributed by atoms with Crippen LogP contribution < -0.4 is 9.64 Å². The molecule has 1 aliphatic rings. The normalized spacial score (nSPS) is 16.7. The molecule has 1 aromatic heterocycles. The lowest BCUT2D eigenvalue weighted by Gasteiger charge is -2.19. The highest BCUT2D eigenvalue weighted by Gasteiger charge is 2.35.